The van der Waals surface area contributed by atoms with E-state index in [1.54, 1.807) is 4.90 Å². The van der Waals surface area contributed by atoms with E-state index in [-0.39, 0.29) is 25.1 Å². The molecule has 166 valence electrons. The van der Waals surface area contributed by atoms with Crippen molar-refractivity contribution in [3.8, 4) is 11.5 Å². The summed E-state index contributed by atoms with van der Waals surface area (Å²) in [7, 11) is 4.07. The molecule has 1 aliphatic heterocycles. The van der Waals surface area contributed by atoms with Crippen LogP contribution in [0.15, 0.2) is 54.6 Å². The molecule has 1 aromatic heterocycles. The number of ether oxygens (including phenoxy) is 2. The van der Waals surface area contributed by atoms with Crippen LogP contribution in [-0.4, -0.2) is 49.8 Å². The number of nitrogens with zero attached hydrogens (tertiary/aromatic N) is 3. The van der Waals surface area contributed by atoms with E-state index < -0.39 is 0 Å². The molecule has 2 heterocycles. The maximum atomic E-state index is 13.6. The van der Waals surface area contributed by atoms with Crippen LogP contribution in [0.25, 0.3) is 21.0 Å². The lowest BCUT2D eigenvalue weighted by Gasteiger charge is -2.21. The van der Waals surface area contributed by atoms with Gasteiger partial charge in [0.2, 0.25) is 6.79 Å². The summed E-state index contributed by atoms with van der Waals surface area (Å²) in [6, 6.07) is 17.8. The Morgan fingerprint density at radius 1 is 1.00 bits per heavy atom. The first-order chi connectivity index (χ1) is 15.1. The van der Waals surface area contributed by atoms with Crippen molar-refractivity contribution in [3.63, 3.8) is 0 Å². The number of amides is 1. The molecule has 6 nitrogen and oxygen atoms in total. The van der Waals surface area contributed by atoms with Gasteiger partial charge in [-0.3, -0.25) is 9.69 Å². The van der Waals surface area contributed by atoms with Gasteiger partial charge >= 0.3 is 0 Å². The zero-order valence-corrected chi connectivity index (χ0v) is 19.4. The fourth-order valence-electron chi connectivity index (χ4n) is 3.73. The van der Waals surface area contributed by atoms with E-state index in [1.165, 1.54) is 11.3 Å². The van der Waals surface area contributed by atoms with Crippen molar-refractivity contribution >= 4 is 43.4 Å². The molecule has 1 amide bonds. The molecule has 3 aromatic carbocycles. The first-order valence-corrected chi connectivity index (χ1v) is 11.1. The molecule has 0 spiro atoms. The first kappa shape index (κ1) is 22.3. The molecule has 0 fully saturated rings. The molecule has 0 radical (unpaired) electrons. The van der Waals surface area contributed by atoms with Crippen LogP contribution < -0.4 is 26.8 Å². The number of fused-ring (bicyclic) bond motifs is 3. The van der Waals surface area contributed by atoms with Gasteiger partial charge in [0.15, 0.2) is 16.6 Å². The van der Waals surface area contributed by atoms with Gasteiger partial charge in [-0.1, -0.05) is 41.7 Å². The molecule has 8 heteroatoms. The molecule has 0 N–H and O–H groups in total. The van der Waals surface area contributed by atoms with Gasteiger partial charge in [-0.15, -0.1) is 0 Å². The Hall–Kier alpha value is -2.87. The van der Waals surface area contributed by atoms with Crippen LogP contribution in [0.1, 0.15) is 16.8 Å². The fourth-order valence-corrected chi connectivity index (χ4v) is 4.73. The van der Waals surface area contributed by atoms with Gasteiger partial charge in [0.05, 0.1) is 10.2 Å². The number of benzene rings is 3. The minimum absolute atomic E-state index is 0. The number of halogens is 1. The molecule has 5 rings (SSSR count). The summed E-state index contributed by atoms with van der Waals surface area (Å²) in [5, 5.41) is 2.86. The molecule has 1 aliphatic rings. The number of thiazole rings is 1. The summed E-state index contributed by atoms with van der Waals surface area (Å²) in [6.45, 7) is 1.72. The molecule has 0 saturated heterocycles. The number of aromatic nitrogens is 1. The summed E-state index contributed by atoms with van der Waals surface area (Å²) in [4.78, 5) is 22.3. The Balaban J connectivity index is 0.00000245. The van der Waals surface area contributed by atoms with E-state index in [9.17, 15) is 4.79 Å². The normalized spacial score (nSPS) is 12.3. The van der Waals surface area contributed by atoms with E-state index in [2.05, 4.69) is 11.0 Å². The second-order valence-electron chi connectivity index (χ2n) is 7.85. The van der Waals surface area contributed by atoms with Crippen molar-refractivity contribution in [3.05, 3.63) is 60.2 Å². The highest BCUT2D eigenvalue weighted by atomic mass is 35.5. The lowest BCUT2D eigenvalue weighted by Crippen LogP contribution is -3.00. The molecular formula is C24H23ClN3O3S-. The smallest absolute Gasteiger partial charge is 0.260 e. The van der Waals surface area contributed by atoms with E-state index in [4.69, 9.17) is 14.5 Å². The van der Waals surface area contributed by atoms with Crippen molar-refractivity contribution in [2.75, 3.05) is 38.9 Å². The summed E-state index contributed by atoms with van der Waals surface area (Å²) in [6.07, 6.45) is 0.852. The maximum Gasteiger partial charge on any atom is 0.260 e. The second kappa shape index (κ2) is 9.32. The summed E-state index contributed by atoms with van der Waals surface area (Å²) < 4.78 is 12.0. The van der Waals surface area contributed by atoms with Crippen LogP contribution in [0.5, 0.6) is 11.5 Å². The lowest BCUT2D eigenvalue weighted by atomic mass is 10.1. The number of rotatable bonds is 6. The lowest BCUT2D eigenvalue weighted by molar-refractivity contribution is -0.0000153. The van der Waals surface area contributed by atoms with Crippen molar-refractivity contribution in [1.82, 2.24) is 9.88 Å². The molecule has 0 atom stereocenters. The minimum Gasteiger partial charge on any atom is -1.00 e. The second-order valence-corrected chi connectivity index (χ2v) is 8.85. The number of carbonyl (C=O) groups is 1. The van der Waals surface area contributed by atoms with Gasteiger partial charge < -0.3 is 26.8 Å². The number of carbonyl (C=O) groups excluding carboxylic acids is 1. The fraction of sp³-hybridized carbons (Fsp3) is 0.250. The summed E-state index contributed by atoms with van der Waals surface area (Å²) in [5.74, 6) is 1.38. The minimum atomic E-state index is -0.0383. The van der Waals surface area contributed by atoms with Crippen LogP contribution >= 0.6 is 11.3 Å². The highest BCUT2D eigenvalue weighted by molar-refractivity contribution is 7.22. The predicted octanol–water partition coefficient (Wildman–Crippen LogP) is 1.78. The average Bonchev–Trinajstić information content (AvgIpc) is 3.39. The van der Waals surface area contributed by atoms with E-state index >= 15 is 0 Å². The van der Waals surface area contributed by atoms with Gasteiger partial charge in [-0.25, -0.2) is 4.98 Å². The quantitative estimate of drug-likeness (QED) is 0.432. The van der Waals surface area contributed by atoms with Crippen LogP contribution in [-0.2, 0) is 0 Å². The maximum absolute atomic E-state index is 13.6. The van der Waals surface area contributed by atoms with Crippen molar-refractivity contribution in [2.24, 2.45) is 0 Å². The van der Waals surface area contributed by atoms with Crippen molar-refractivity contribution in [1.29, 1.82) is 0 Å². The zero-order valence-electron chi connectivity index (χ0n) is 17.9. The summed E-state index contributed by atoms with van der Waals surface area (Å²) in [5.41, 5.74) is 1.48. The van der Waals surface area contributed by atoms with Crippen LogP contribution in [0.2, 0.25) is 0 Å². The van der Waals surface area contributed by atoms with E-state index in [0.29, 0.717) is 23.0 Å². The Morgan fingerprint density at radius 2 is 1.75 bits per heavy atom. The molecular weight excluding hydrogens is 446 g/mol. The van der Waals surface area contributed by atoms with Gasteiger partial charge in [0, 0.05) is 24.2 Å². The predicted molar refractivity (Wildman–Crippen MR) is 125 cm³/mol. The third kappa shape index (κ3) is 4.37. The van der Waals surface area contributed by atoms with Gasteiger partial charge in [-0.2, -0.15) is 0 Å². The van der Waals surface area contributed by atoms with E-state index in [1.807, 2.05) is 62.6 Å². The SMILES string of the molecule is CN(C)CCCN(C(=O)c1ccc2ccccc2c1)c1nc2cc3c(cc2s1)OCO3.[Cl-]. The van der Waals surface area contributed by atoms with Crippen molar-refractivity contribution < 1.29 is 26.7 Å². The Labute approximate surface area is 196 Å². The zero-order chi connectivity index (χ0) is 21.4. The number of hydrogen-bond donors (Lipinski definition) is 0. The Bertz CT molecular complexity index is 1230. The van der Waals surface area contributed by atoms with Crippen LogP contribution in [0, 0.1) is 0 Å². The average molecular weight is 469 g/mol. The summed E-state index contributed by atoms with van der Waals surface area (Å²) >= 11 is 1.50. The molecule has 0 bridgehead atoms. The topological polar surface area (TPSA) is 54.9 Å². The van der Waals surface area contributed by atoms with Gasteiger partial charge in [0.1, 0.15) is 0 Å². The van der Waals surface area contributed by atoms with Gasteiger partial charge in [-0.05, 0) is 50.0 Å². The standard InChI is InChI=1S/C24H23N3O3S.ClH/c1-26(2)10-5-11-27(23(28)18-9-8-16-6-3-4-7-17(16)12-18)24-25-19-13-20-21(30-15-29-20)14-22(19)31-24;/h3-4,6-9,12-14H,5,10-11,15H2,1-2H3;1H/p-1. The van der Waals surface area contributed by atoms with Crippen LogP contribution in [0.3, 0.4) is 0 Å². The number of anilines is 1. The highest BCUT2D eigenvalue weighted by Gasteiger charge is 2.23. The Morgan fingerprint density at radius 3 is 2.53 bits per heavy atom. The molecule has 0 unspecified atom stereocenters. The van der Waals surface area contributed by atoms with Gasteiger partial charge in [0.25, 0.3) is 5.91 Å². The van der Waals surface area contributed by atoms with Crippen LogP contribution in [0.4, 0.5) is 5.13 Å². The third-order valence-electron chi connectivity index (χ3n) is 5.33. The first-order valence-electron chi connectivity index (χ1n) is 10.2. The molecule has 0 aliphatic carbocycles. The molecule has 4 aromatic rings. The highest BCUT2D eigenvalue weighted by Crippen LogP contribution is 2.40. The van der Waals surface area contributed by atoms with Crippen molar-refractivity contribution in [2.45, 2.75) is 6.42 Å². The van der Waals surface area contributed by atoms with E-state index in [0.717, 1.165) is 39.7 Å². The largest absolute Gasteiger partial charge is 1.00 e. The third-order valence-corrected chi connectivity index (χ3v) is 6.37. The monoisotopic (exact) mass is 468 g/mol. The molecule has 0 saturated carbocycles. The number of hydrogen-bond acceptors (Lipinski definition) is 6. The Kier molecular flexibility index (Phi) is 6.50. The molecule has 32 heavy (non-hydrogen) atoms.